The highest BCUT2D eigenvalue weighted by molar-refractivity contribution is 6.06. The zero-order chi connectivity index (χ0) is 21.6. The van der Waals surface area contributed by atoms with E-state index in [1.165, 1.54) is 40.6 Å². The predicted molar refractivity (Wildman–Crippen MR) is 106 cm³/mol. The number of rotatable bonds is 8. The highest BCUT2D eigenvalue weighted by Crippen LogP contribution is 2.40. The van der Waals surface area contributed by atoms with Crippen molar-refractivity contribution in [2.75, 3.05) is 39.1 Å². The van der Waals surface area contributed by atoms with Gasteiger partial charge in [0.1, 0.15) is 0 Å². The molecule has 29 heavy (non-hydrogen) atoms. The van der Waals surface area contributed by atoms with Crippen LogP contribution in [0.1, 0.15) is 23.7 Å². The van der Waals surface area contributed by atoms with E-state index in [9.17, 15) is 14.0 Å². The van der Waals surface area contributed by atoms with Crippen LogP contribution in [-0.4, -0.2) is 40.3 Å². The predicted octanol–water partition coefficient (Wildman–Crippen LogP) is 3.46. The summed E-state index contributed by atoms with van der Waals surface area (Å²) in [4.78, 5) is 24.4. The summed E-state index contributed by atoms with van der Waals surface area (Å²) in [6.07, 6.45) is 0.156. The highest BCUT2D eigenvalue weighted by Gasteiger charge is 2.19. The van der Waals surface area contributed by atoms with Gasteiger partial charge < -0.3 is 29.6 Å². The van der Waals surface area contributed by atoms with Crippen molar-refractivity contribution in [3.63, 3.8) is 0 Å². The second kappa shape index (κ2) is 9.63. The number of anilines is 2. The summed E-state index contributed by atoms with van der Waals surface area (Å²) >= 11 is 0. The molecule has 0 aliphatic rings. The Kier molecular flexibility index (Phi) is 7.24. The van der Waals surface area contributed by atoms with Gasteiger partial charge in [-0.25, -0.2) is 4.39 Å². The number of amides is 2. The molecule has 2 aromatic rings. The SMILES string of the molecule is CCC(=O)Nc1cc(C(=O)Nc2cc(OC)c(OC)c(OC)c2)cc(OC)c1F. The summed E-state index contributed by atoms with van der Waals surface area (Å²) in [5.41, 5.74) is 0.307. The summed E-state index contributed by atoms with van der Waals surface area (Å²) in [5, 5.41) is 5.09. The number of benzene rings is 2. The lowest BCUT2D eigenvalue weighted by molar-refractivity contribution is -0.115. The van der Waals surface area contributed by atoms with Gasteiger partial charge in [0, 0.05) is 29.8 Å². The number of hydrogen-bond donors (Lipinski definition) is 2. The van der Waals surface area contributed by atoms with Gasteiger partial charge in [-0.15, -0.1) is 0 Å². The Morgan fingerprint density at radius 2 is 1.45 bits per heavy atom. The van der Waals surface area contributed by atoms with E-state index in [4.69, 9.17) is 18.9 Å². The first kappa shape index (κ1) is 21.8. The normalized spacial score (nSPS) is 10.1. The Morgan fingerprint density at radius 3 is 1.93 bits per heavy atom. The minimum Gasteiger partial charge on any atom is -0.494 e. The minimum absolute atomic E-state index is 0.0865. The second-order valence-electron chi connectivity index (χ2n) is 5.81. The Hall–Kier alpha value is -3.49. The number of methoxy groups -OCH3 is 4. The standard InChI is InChI=1S/C20H23FN2O6/c1-6-17(24)23-13-7-11(8-14(26-2)18(13)21)20(25)22-12-9-15(27-3)19(29-5)16(10-12)28-4/h7-10H,6H2,1-5H3,(H,22,25)(H,23,24). The number of carbonyl (C=O) groups is 2. The maximum absolute atomic E-state index is 14.4. The van der Waals surface area contributed by atoms with Crippen LogP contribution in [0.4, 0.5) is 15.8 Å². The molecule has 0 unspecified atom stereocenters. The molecule has 0 atom stereocenters. The molecule has 0 saturated heterocycles. The maximum atomic E-state index is 14.4. The van der Waals surface area contributed by atoms with Gasteiger partial charge in [0.05, 0.1) is 34.1 Å². The van der Waals surface area contributed by atoms with Crippen LogP contribution >= 0.6 is 0 Å². The largest absolute Gasteiger partial charge is 0.494 e. The summed E-state index contributed by atoms with van der Waals surface area (Å²) in [7, 11) is 5.65. The van der Waals surface area contributed by atoms with Crippen LogP contribution in [0, 0.1) is 5.82 Å². The third kappa shape index (κ3) is 4.87. The van der Waals surface area contributed by atoms with E-state index in [0.717, 1.165) is 0 Å². The summed E-state index contributed by atoms with van der Waals surface area (Å²) in [6, 6.07) is 5.59. The molecule has 156 valence electrons. The molecule has 2 aromatic carbocycles. The Labute approximate surface area is 167 Å². The van der Waals surface area contributed by atoms with Crippen molar-refractivity contribution in [1.82, 2.24) is 0 Å². The molecule has 2 N–H and O–H groups in total. The van der Waals surface area contributed by atoms with Crippen molar-refractivity contribution < 1.29 is 32.9 Å². The van der Waals surface area contributed by atoms with Gasteiger partial charge in [0.2, 0.25) is 11.7 Å². The van der Waals surface area contributed by atoms with Crippen LogP contribution in [0.5, 0.6) is 23.0 Å². The average Bonchev–Trinajstić information content (AvgIpc) is 2.73. The Balaban J connectivity index is 2.40. The van der Waals surface area contributed by atoms with E-state index in [2.05, 4.69) is 10.6 Å². The molecule has 2 amide bonds. The van der Waals surface area contributed by atoms with Crippen LogP contribution < -0.4 is 29.6 Å². The van der Waals surface area contributed by atoms with Gasteiger partial charge in [-0.3, -0.25) is 9.59 Å². The van der Waals surface area contributed by atoms with Crippen molar-refractivity contribution in [2.24, 2.45) is 0 Å². The van der Waals surface area contributed by atoms with E-state index < -0.39 is 17.6 Å². The van der Waals surface area contributed by atoms with Gasteiger partial charge in [-0.05, 0) is 12.1 Å². The minimum atomic E-state index is -0.765. The molecule has 8 nitrogen and oxygen atoms in total. The molecule has 0 bridgehead atoms. The van der Waals surface area contributed by atoms with Crippen molar-refractivity contribution in [2.45, 2.75) is 13.3 Å². The topological polar surface area (TPSA) is 95.1 Å². The Bertz CT molecular complexity index is 891. The van der Waals surface area contributed by atoms with Gasteiger partial charge in [0.15, 0.2) is 23.1 Å². The molecule has 2 rings (SSSR count). The zero-order valence-electron chi connectivity index (χ0n) is 16.8. The lowest BCUT2D eigenvalue weighted by atomic mass is 10.1. The van der Waals surface area contributed by atoms with Gasteiger partial charge in [-0.2, -0.15) is 0 Å². The molecule has 0 aliphatic carbocycles. The smallest absolute Gasteiger partial charge is 0.255 e. The van der Waals surface area contributed by atoms with E-state index in [1.807, 2.05) is 0 Å². The van der Waals surface area contributed by atoms with Crippen molar-refractivity contribution >= 4 is 23.2 Å². The lowest BCUT2D eigenvalue weighted by Gasteiger charge is -2.15. The van der Waals surface area contributed by atoms with Crippen LogP contribution in [-0.2, 0) is 4.79 Å². The summed E-state index contributed by atoms with van der Waals surface area (Å²) in [5.74, 6) is -0.796. The monoisotopic (exact) mass is 406 g/mol. The summed E-state index contributed by atoms with van der Waals surface area (Å²) in [6.45, 7) is 1.63. The van der Waals surface area contributed by atoms with E-state index in [0.29, 0.717) is 22.9 Å². The first-order valence-corrected chi connectivity index (χ1v) is 8.67. The number of nitrogens with one attached hydrogen (secondary N) is 2. The number of ether oxygens (including phenoxy) is 4. The molecular weight excluding hydrogens is 383 g/mol. The first-order valence-electron chi connectivity index (χ1n) is 8.67. The van der Waals surface area contributed by atoms with Crippen LogP contribution in [0.2, 0.25) is 0 Å². The van der Waals surface area contributed by atoms with Gasteiger partial charge in [-0.1, -0.05) is 6.92 Å². The molecular formula is C20H23FN2O6. The van der Waals surface area contributed by atoms with Crippen molar-refractivity contribution in [3.8, 4) is 23.0 Å². The molecule has 0 aliphatic heterocycles. The first-order chi connectivity index (χ1) is 13.9. The fourth-order valence-corrected chi connectivity index (χ4v) is 2.56. The number of hydrogen-bond acceptors (Lipinski definition) is 6. The lowest BCUT2D eigenvalue weighted by Crippen LogP contribution is -2.16. The quantitative estimate of drug-likeness (QED) is 0.697. The van der Waals surface area contributed by atoms with E-state index in [1.54, 1.807) is 19.1 Å². The molecule has 0 radical (unpaired) electrons. The molecule has 0 aromatic heterocycles. The van der Waals surface area contributed by atoms with Crippen molar-refractivity contribution in [3.05, 3.63) is 35.6 Å². The third-order valence-electron chi connectivity index (χ3n) is 4.04. The van der Waals surface area contributed by atoms with Crippen LogP contribution in [0.15, 0.2) is 24.3 Å². The van der Waals surface area contributed by atoms with E-state index >= 15 is 0 Å². The molecule has 0 saturated carbocycles. The van der Waals surface area contributed by atoms with Gasteiger partial charge in [0.25, 0.3) is 5.91 Å². The van der Waals surface area contributed by atoms with Crippen LogP contribution in [0.3, 0.4) is 0 Å². The fraction of sp³-hybridized carbons (Fsp3) is 0.300. The molecule has 0 spiro atoms. The highest BCUT2D eigenvalue weighted by atomic mass is 19.1. The number of carbonyl (C=O) groups excluding carboxylic acids is 2. The zero-order valence-corrected chi connectivity index (χ0v) is 16.8. The molecule has 0 heterocycles. The van der Waals surface area contributed by atoms with Gasteiger partial charge >= 0.3 is 0 Å². The Morgan fingerprint density at radius 1 is 0.862 bits per heavy atom. The van der Waals surface area contributed by atoms with Crippen LogP contribution in [0.25, 0.3) is 0 Å². The van der Waals surface area contributed by atoms with E-state index in [-0.39, 0.29) is 23.4 Å². The summed E-state index contributed by atoms with van der Waals surface area (Å²) < 4.78 is 35.2. The molecule has 9 heteroatoms. The second-order valence-corrected chi connectivity index (χ2v) is 5.81. The van der Waals surface area contributed by atoms with Crippen molar-refractivity contribution in [1.29, 1.82) is 0 Å². The third-order valence-corrected chi connectivity index (χ3v) is 4.04. The average molecular weight is 406 g/mol. The fourth-order valence-electron chi connectivity index (χ4n) is 2.56. The molecule has 0 fully saturated rings. The number of halogens is 1. The maximum Gasteiger partial charge on any atom is 0.255 e.